The molecular formula is C19H21NO2. The van der Waals surface area contributed by atoms with Gasteiger partial charge in [0.05, 0.1) is 7.11 Å². The van der Waals surface area contributed by atoms with Crippen LogP contribution < -0.4 is 5.32 Å². The van der Waals surface area contributed by atoms with E-state index in [1.807, 2.05) is 30.3 Å². The van der Waals surface area contributed by atoms with Gasteiger partial charge in [0.15, 0.2) is 0 Å². The largest absolute Gasteiger partial charge is 0.468 e. The van der Waals surface area contributed by atoms with Crippen molar-refractivity contribution >= 4 is 5.97 Å². The third kappa shape index (κ3) is 3.20. The number of esters is 1. The Morgan fingerprint density at radius 2 is 1.77 bits per heavy atom. The summed E-state index contributed by atoms with van der Waals surface area (Å²) in [6, 6.07) is 18.2. The summed E-state index contributed by atoms with van der Waals surface area (Å²) in [6.07, 6.45) is 3.05. The Bertz CT molecular complexity index is 639. The van der Waals surface area contributed by atoms with Crippen molar-refractivity contribution in [3.63, 3.8) is 0 Å². The molecule has 0 fully saturated rings. The number of methoxy groups -OCH3 is 1. The minimum atomic E-state index is -0.401. The van der Waals surface area contributed by atoms with Crippen LogP contribution in [0.2, 0.25) is 0 Å². The van der Waals surface area contributed by atoms with Gasteiger partial charge < -0.3 is 4.74 Å². The minimum absolute atomic E-state index is 0.231. The second kappa shape index (κ2) is 6.75. The quantitative estimate of drug-likeness (QED) is 0.881. The summed E-state index contributed by atoms with van der Waals surface area (Å²) in [6.45, 7) is 0. The maximum absolute atomic E-state index is 12.1. The lowest BCUT2D eigenvalue weighted by Crippen LogP contribution is -2.40. The average Bonchev–Trinajstić information content (AvgIpc) is 2.59. The third-order valence-electron chi connectivity index (χ3n) is 4.32. The Kier molecular flexibility index (Phi) is 4.54. The highest BCUT2D eigenvalue weighted by Crippen LogP contribution is 2.24. The van der Waals surface area contributed by atoms with Crippen molar-refractivity contribution in [1.82, 2.24) is 5.32 Å². The lowest BCUT2D eigenvalue weighted by Gasteiger charge is -2.29. The minimum Gasteiger partial charge on any atom is -0.468 e. The van der Waals surface area contributed by atoms with Crippen molar-refractivity contribution in [2.75, 3.05) is 7.11 Å². The lowest BCUT2D eigenvalue weighted by molar-refractivity contribution is -0.143. The van der Waals surface area contributed by atoms with Crippen molar-refractivity contribution in [2.45, 2.75) is 31.3 Å². The molecule has 0 saturated heterocycles. The molecule has 0 aromatic heterocycles. The SMILES string of the molecule is COC(=O)[C@@H](N[C@H]1CCc2ccccc2C1)c1ccccc1. The molecule has 22 heavy (non-hydrogen) atoms. The number of hydrogen-bond acceptors (Lipinski definition) is 3. The molecule has 2 atom stereocenters. The number of hydrogen-bond donors (Lipinski definition) is 1. The van der Waals surface area contributed by atoms with Gasteiger partial charge in [-0.1, -0.05) is 54.6 Å². The van der Waals surface area contributed by atoms with Crippen LogP contribution in [0.15, 0.2) is 54.6 Å². The summed E-state index contributed by atoms with van der Waals surface area (Å²) in [5, 5.41) is 3.49. The molecule has 0 aliphatic heterocycles. The van der Waals surface area contributed by atoms with Gasteiger partial charge >= 0.3 is 5.97 Å². The Balaban J connectivity index is 1.76. The van der Waals surface area contributed by atoms with Crippen LogP contribution in [0.1, 0.15) is 29.2 Å². The van der Waals surface area contributed by atoms with Gasteiger partial charge in [-0.3, -0.25) is 5.32 Å². The molecule has 1 aliphatic carbocycles. The molecule has 3 heteroatoms. The van der Waals surface area contributed by atoms with E-state index in [2.05, 4.69) is 29.6 Å². The van der Waals surface area contributed by atoms with Crippen LogP contribution >= 0.6 is 0 Å². The molecular weight excluding hydrogens is 274 g/mol. The molecule has 114 valence electrons. The zero-order valence-electron chi connectivity index (χ0n) is 12.8. The van der Waals surface area contributed by atoms with Crippen molar-refractivity contribution in [3.8, 4) is 0 Å². The summed E-state index contributed by atoms with van der Waals surface area (Å²) >= 11 is 0. The lowest BCUT2D eigenvalue weighted by atomic mass is 9.87. The molecule has 0 heterocycles. The Morgan fingerprint density at radius 3 is 2.50 bits per heavy atom. The first-order valence-electron chi connectivity index (χ1n) is 7.73. The van der Waals surface area contributed by atoms with Crippen LogP contribution in [-0.2, 0) is 22.4 Å². The van der Waals surface area contributed by atoms with Crippen LogP contribution in [-0.4, -0.2) is 19.1 Å². The average molecular weight is 295 g/mol. The highest BCUT2D eigenvalue weighted by Gasteiger charge is 2.26. The molecule has 1 aliphatic rings. The van der Waals surface area contributed by atoms with Gasteiger partial charge in [-0.15, -0.1) is 0 Å². The molecule has 0 unspecified atom stereocenters. The summed E-state index contributed by atoms with van der Waals surface area (Å²) in [4.78, 5) is 12.1. The summed E-state index contributed by atoms with van der Waals surface area (Å²) in [5.74, 6) is -0.231. The number of rotatable bonds is 4. The first kappa shape index (κ1) is 14.8. The number of benzene rings is 2. The molecule has 2 aromatic carbocycles. The number of carbonyl (C=O) groups is 1. The standard InChI is InChI=1S/C19H21NO2/c1-22-19(21)18(15-8-3-2-4-9-15)20-17-12-11-14-7-5-6-10-16(14)13-17/h2-10,17-18,20H,11-13H2,1H3/t17-,18-/m0/s1. The van der Waals surface area contributed by atoms with Crippen molar-refractivity contribution in [1.29, 1.82) is 0 Å². The van der Waals surface area contributed by atoms with Crippen LogP contribution in [0.5, 0.6) is 0 Å². The van der Waals surface area contributed by atoms with Crippen molar-refractivity contribution < 1.29 is 9.53 Å². The van der Waals surface area contributed by atoms with Gasteiger partial charge in [0.1, 0.15) is 6.04 Å². The second-order valence-electron chi connectivity index (χ2n) is 5.74. The summed E-state index contributed by atoms with van der Waals surface area (Å²) in [7, 11) is 1.44. The fraction of sp³-hybridized carbons (Fsp3) is 0.316. The van der Waals surface area contributed by atoms with E-state index < -0.39 is 6.04 Å². The van der Waals surface area contributed by atoms with E-state index in [1.165, 1.54) is 18.2 Å². The monoisotopic (exact) mass is 295 g/mol. The van der Waals surface area contributed by atoms with E-state index in [0.29, 0.717) is 6.04 Å². The fourth-order valence-corrected chi connectivity index (χ4v) is 3.14. The first-order chi connectivity index (χ1) is 10.8. The maximum atomic E-state index is 12.1. The van der Waals surface area contributed by atoms with Gasteiger partial charge in [0.25, 0.3) is 0 Å². The van der Waals surface area contributed by atoms with Crippen LogP contribution in [0, 0.1) is 0 Å². The second-order valence-corrected chi connectivity index (χ2v) is 5.74. The van der Waals surface area contributed by atoms with Gasteiger partial charge in [-0.25, -0.2) is 4.79 Å². The predicted octanol–water partition coefficient (Wildman–Crippen LogP) is 3.05. The highest BCUT2D eigenvalue weighted by atomic mass is 16.5. The summed E-state index contributed by atoms with van der Waals surface area (Å²) in [5.41, 5.74) is 3.76. The van der Waals surface area contributed by atoms with Crippen molar-refractivity contribution in [2.24, 2.45) is 0 Å². The fourth-order valence-electron chi connectivity index (χ4n) is 3.14. The third-order valence-corrected chi connectivity index (χ3v) is 4.32. The Morgan fingerprint density at radius 1 is 1.09 bits per heavy atom. The molecule has 0 bridgehead atoms. The number of nitrogens with one attached hydrogen (secondary N) is 1. The maximum Gasteiger partial charge on any atom is 0.327 e. The number of ether oxygens (including phenoxy) is 1. The highest BCUT2D eigenvalue weighted by molar-refractivity contribution is 5.77. The van der Waals surface area contributed by atoms with E-state index in [9.17, 15) is 4.79 Å². The Hall–Kier alpha value is -2.13. The molecule has 1 N–H and O–H groups in total. The number of carbonyl (C=O) groups excluding carboxylic acids is 1. The van der Waals surface area contributed by atoms with Gasteiger partial charge in [-0.2, -0.15) is 0 Å². The van der Waals surface area contributed by atoms with Gasteiger partial charge in [-0.05, 0) is 36.0 Å². The van der Waals surface area contributed by atoms with Crippen LogP contribution in [0.25, 0.3) is 0 Å². The molecule has 0 saturated carbocycles. The van der Waals surface area contributed by atoms with Gasteiger partial charge in [0, 0.05) is 6.04 Å². The number of aryl methyl sites for hydroxylation is 1. The zero-order valence-corrected chi connectivity index (χ0v) is 12.8. The number of fused-ring (bicyclic) bond motifs is 1. The normalized spacial score (nSPS) is 18.3. The predicted molar refractivity (Wildman–Crippen MR) is 86.6 cm³/mol. The van der Waals surface area contributed by atoms with Crippen LogP contribution in [0.4, 0.5) is 0 Å². The topological polar surface area (TPSA) is 38.3 Å². The Labute approximate surface area is 131 Å². The van der Waals surface area contributed by atoms with E-state index in [-0.39, 0.29) is 5.97 Å². The van der Waals surface area contributed by atoms with E-state index >= 15 is 0 Å². The van der Waals surface area contributed by atoms with Gasteiger partial charge in [0.2, 0.25) is 0 Å². The molecule has 3 rings (SSSR count). The van der Waals surface area contributed by atoms with E-state index in [4.69, 9.17) is 4.74 Å². The van der Waals surface area contributed by atoms with Crippen LogP contribution in [0.3, 0.4) is 0 Å². The molecule has 2 aromatic rings. The smallest absolute Gasteiger partial charge is 0.327 e. The molecule has 0 radical (unpaired) electrons. The van der Waals surface area contributed by atoms with Crippen molar-refractivity contribution in [3.05, 3.63) is 71.3 Å². The molecule has 3 nitrogen and oxygen atoms in total. The molecule has 0 spiro atoms. The van der Waals surface area contributed by atoms with E-state index in [1.54, 1.807) is 0 Å². The summed E-state index contributed by atoms with van der Waals surface area (Å²) < 4.78 is 4.98. The molecule has 0 amide bonds. The van der Waals surface area contributed by atoms with E-state index in [0.717, 1.165) is 24.8 Å². The first-order valence-corrected chi connectivity index (χ1v) is 7.73. The zero-order chi connectivity index (χ0) is 15.4.